The zero-order valence-corrected chi connectivity index (χ0v) is 16.1. The molecule has 0 fully saturated rings. The van der Waals surface area contributed by atoms with Crippen LogP contribution in [0.5, 0.6) is 0 Å². The van der Waals surface area contributed by atoms with E-state index in [9.17, 15) is 4.79 Å². The summed E-state index contributed by atoms with van der Waals surface area (Å²) in [7, 11) is 1.63. The number of nitrogens with one attached hydrogen (secondary N) is 1. The van der Waals surface area contributed by atoms with Gasteiger partial charge in [0.15, 0.2) is 0 Å². The normalized spacial score (nSPS) is 12.3. The second-order valence-corrected chi connectivity index (χ2v) is 6.92. The fourth-order valence-electron chi connectivity index (χ4n) is 2.54. The molecule has 0 spiro atoms. The molecule has 0 aliphatic rings. The highest BCUT2D eigenvalue weighted by Gasteiger charge is 2.23. The van der Waals surface area contributed by atoms with Gasteiger partial charge in [0.2, 0.25) is 11.8 Å². The van der Waals surface area contributed by atoms with Crippen LogP contribution in [0.25, 0.3) is 10.8 Å². The van der Waals surface area contributed by atoms with Gasteiger partial charge >= 0.3 is 0 Å². The minimum atomic E-state index is -0.391. The van der Waals surface area contributed by atoms with Gasteiger partial charge in [-0.3, -0.25) is 9.69 Å². The van der Waals surface area contributed by atoms with Crippen molar-refractivity contribution < 1.29 is 13.9 Å². The van der Waals surface area contributed by atoms with Gasteiger partial charge in [0.05, 0.1) is 24.1 Å². The van der Waals surface area contributed by atoms with E-state index >= 15 is 0 Å². The van der Waals surface area contributed by atoms with Gasteiger partial charge < -0.3 is 14.5 Å². The highest BCUT2D eigenvalue weighted by molar-refractivity contribution is 7.13. The monoisotopic (exact) mass is 386 g/mol. The van der Waals surface area contributed by atoms with Crippen LogP contribution in [0, 0.1) is 0 Å². The van der Waals surface area contributed by atoms with Crippen molar-refractivity contribution in [3.8, 4) is 10.8 Å². The van der Waals surface area contributed by atoms with E-state index in [2.05, 4.69) is 15.5 Å². The summed E-state index contributed by atoms with van der Waals surface area (Å²) in [6.07, 6.45) is 0. The minimum absolute atomic E-state index is 0.102. The number of hydrogen-bond donors (Lipinski definition) is 1. The van der Waals surface area contributed by atoms with Gasteiger partial charge in [-0.05, 0) is 30.5 Å². The average Bonchev–Trinajstić information content (AvgIpc) is 3.37. The van der Waals surface area contributed by atoms with Crippen molar-refractivity contribution in [2.75, 3.05) is 25.6 Å². The van der Waals surface area contributed by atoms with Gasteiger partial charge in [-0.15, -0.1) is 21.5 Å². The predicted molar refractivity (Wildman–Crippen MR) is 104 cm³/mol. The first-order valence-corrected chi connectivity index (χ1v) is 9.50. The molecule has 8 heteroatoms. The standard InChI is InChI=1S/C19H22N4O3S/c1-14(18(24)20-15-7-4-3-5-8-15)23(10-11-25-2)13-17-21-22-19(26-17)16-9-6-12-27-16/h3-9,12,14H,10-11,13H2,1-2H3,(H,20,24)/t14-/m1/s1. The highest BCUT2D eigenvalue weighted by Crippen LogP contribution is 2.23. The second kappa shape index (κ2) is 9.40. The number of hydrogen-bond acceptors (Lipinski definition) is 7. The number of para-hydroxylation sites is 1. The van der Waals surface area contributed by atoms with Gasteiger partial charge in [-0.2, -0.15) is 0 Å². The molecule has 1 amide bonds. The third-order valence-electron chi connectivity index (χ3n) is 4.09. The molecule has 0 unspecified atom stereocenters. The number of thiophene rings is 1. The molecule has 1 atom stereocenters. The molecular formula is C19H22N4O3S. The van der Waals surface area contributed by atoms with Crippen LogP contribution >= 0.6 is 11.3 Å². The lowest BCUT2D eigenvalue weighted by atomic mass is 10.2. The van der Waals surface area contributed by atoms with Crippen molar-refractivity contribution in [1.29, 1.82) is 0 Å². The van der Waals surface area contributed by atoms with Crippen molar-refractivity contribution in [2.45, 2.75) is 19.5 Å². The fraction of sp³-hybridized carbons (Fsp3) is 0.316. The summed E-state index contributed by atoms with van der Waals surface area (Å²) in [5.41, 5.74) is 0.763. The molecule has 7 nitrogen and oxygen atoms in total. The summed E-state index contributed by atoms with van der Waals surface area (Å²) in [6.45, 7) is 3.28. The van der Waals surface area contributed by atoms with Gasteiger partial charge in [0.25, 0.3) is 5.89 Å². The smallest absolute Gasteiger partial charge is 0.257 e. The SMILES string of the molecule is COCCN(Cc1nnc(-c2cccs2)o1)[C@H](C)C(=O)Nc1ccccc1. The molecule has 1 N–H and O–H groups in total. The largest absolute Gasteiger partial charge is 0.419 e. The van der Waals surface area contributed by atoms with E-state index in [-0.39, 0.29) is 5.91 Å². The van der Waals surface area contributed by atoms with Crippen molar-refractivity contribution in [3.05, 3.63) is 53.7 Å². The zero-order valence-electron chi connectivity index (χ0n) is 15.3. The van der Waals surface area contributed by atoms with Crippen LogP contribution in [0.4, 0.5) is 5.69 Å². The van der Waals surface area contributed by atoms with Gasteiger partial charge in [0, 0.05) is 19.3 Å². The Morgan fingerprint density at radius 2 is 2.07 bits per heavy atom. The summed E-state index contributed by atoms with van der Waals surface area (Å²) >= 11 is 1.54. The van der Waals surface area contributed by atoms with Crippen LogP contribution in [-0.4, -0.2) is 47.3 Å². The van der Waals surface area contributed by atoms with Crippen LogP contribution in [0.15, 0.2) is 52.3 Å². The summed E-state index contributed by atoms with van der Waals surface area (Å²) < 4.78 is 10.9. The molecule has 0 saturated heterocycles. The van der Waals surface area contributed by atoms with Crippen LogP contribution in [0.2, 0.25) is 0 Å². The first kappa shape index (κ1) is 19.2. The lowest BCUT2D eigenvalue weighted by Gasteiger charge is -2.26. The van der Waals surface area contributed by atoms with Crippen LogP contribution in [-0.2, 0) is 16.1 Å². The van der Waals surface area contributed by atoms with E-state index in [1.807, 2.05) is 59.7 Å². The Morgan fingerprint density at radius 1 is 1.26 bits per heavy atom. The lowest BCUT2D eigenvalue weighted by Crippen LogP contribution is -2.43. The third kappa shape index (κ3) is 5.22. The summed E-state index contributed by atoms with van der Waals surface area (Å²) in [5, 5.41) is 13.1. The molecule has 0 saturated carbocycles. The van der Waals surface area contributed by atoms with Crippen molar-refractivity contribution in [1.82, 2.24) is 15.1 Å². The Labute approximate surface area is 162 Å². The molecule has 1 aromatic carbocycles. The van der Waals surface area contributed by atoms with Crippen LogP contribution in [0.1, 0.15) is 12.8 Å². The molecule has 0 radical (unpaired) electrons. The zero-order chi connectivity index (χ0) is 19.1. The molecule has 0 bridgehead atoms. The number of anilines is 1. The molecule has 3 rings (SSSR count). The minimum Gasteiger partial charge on any atom is -0.419 e. The Kier molecular flexibility index (Phi) is 6.69. The Balaban J connectivity index is 1.68. The summed E-state index contributed by atoms with van der Waals surface area (Å²) in [4.78, 5) is 15.5. The van der Waals surface area contributed by atoms with Gasteiger partial charge in [-0.25, -0.2) is 0 Å². The number of nitrogens with zero attached hydrogens (tertiary/aromatic N) is 3. The molecule has 3 aromatic rings. The molecule has 2 aromatic heterocycles. The quantitative estimate of drug-likeness (QED) is 0.608. The number of rotatable bonds is 9. The molecule has 142 valence electrons. The number of methoxy groups -OCH3 is 1. The molecule has 0 aliphatic carbocycles. The van der Waals surface area contributed by atoms with Crippen LogP contribution in [0.3, 0.4) is 0 Å². The molecule has 0 aliphatic heterocycles. The second-order valence-electron chi connectivity index (χ2n) is 5.97. The fourth-order valence-corrected chi connectivity index (χ4v) is 3.19. The summed E-state index contributed by atoms with van der Waals surface area (Å²) in [6, 6.07) is 12.9. The first-order valence-electron chi connectivity index (χ1n) is 8.62. The number of carbonyl (C=O) groups excluding carboxylic acids is 1. The highest BCUT2D eigenvalue weighted by atomic mass is 32.1. The number of carbonyl (C=O) groups is 1. The number of aromatic nitrogens is 2. The van der Waals surface area contributed by atoms with E-state index in [0.29, 0.717) is 31.5 Å². The first-order chi connectivity index (χ1) is 13.2. The van der Waals surface area contributed by atoms with Crippen LogP contribution < -0.4 is 5.32 Å². The number of amides is 1. The van der Waals surface area contributed by atoms with Crippen molar-refractivity contribution in [3.63, 3.8) is 0 Å². The predicted octanol–water partition coefficient (Wildman–Crippen LogP) is 3.27. The maximum atomic E-state index is 12.6. The topological polar surface area (TPSA) is 80.5 Å². The van der Waals surface area contributed by atoms with E-state index < -0.39 is 6.04 Å². The molecule has 2 heterocycles. The van der Waals surface area contributed by atoms with Crippen molar-refractivity contribution in [2.24, 2.45) is 0 Å². The van der Waals surface area contributed by atoms with E-state index in [1.54, 1.807) is 18.4 Å². The molecule has 27 heavy (non-hydrogen) atoms. The van der Waals surface area contributed by atoms with E-state index in [4.69, 9.17) is 9.15 Å². The number of benzene rings is 1. The maximum absolute atomic E-state index is 12.6. The Hall–Kier alpha value is -2.55. The van der Waals surface area contributed by atoms with Gasteiger partial charge in [0.1, 0.15) is 0 Å². The Morgan fingerprint density at radius 3 is 2.78 bits per heavy atom. The lowest BCUT2D eigenvalue weighted by molar-refractivity contribution is -0.121. The van der Waals surface area contributed by atoms with E-state index in [0.717, 1.165) is 10.6 Å². The number of ether oxygens (including phenoxy) is 1. The molecular weight excluding hydrogens is 364 g/mol. The third-order valence-corrected chi connectivity index (χ3v) is 4.95. The summed E-state index contributed by atoms with van der Waals surface area (Å²) in [5.74, 6) is 0.859. The van der Waals surface area contributed by atoms with E-state index in [1.165, 1.54) is 0 Å². The Bertz CT molecular complexity index is 836. The van der Waals surface area contributed by atoms with Crippen molar-refractivity contribution >= 4 is 22.9 Å². The average molecular weight is 386 g/mol. The van der Waals surface area contributed by atoms with Gasteiger partial charge in [-0.1, -0.05) is 24.3 Å². The maximum Gasteiger partial charge on any atom is 0.257 e.